The van der Waals surface area contributed by atoms with Gasteiger partial charge in [-0.15, -0.1) is 0 Å². The molecule has 2 heterocycles. The monoisotopic (exact) mass is 178 g/mol. The highest BCUT2D eigenvalue weighted by molar-refractivity contribution is 5.44. The molecular formula is C8H10N4O. The number of hydrogen-bond acceptors (Lipinski definition) is 3. The van der Waals surface area contributed by atoms with Crippen molar-refractivity contribution in [2.75, 3.05) is 0 Å². The van der Waals surface area contributed by atoms with Gasteiger partial charge < -0.3 is 14.8 Å². The van der Waals surface area contributed by atoms with Crippen LogP contribution in [0.5, 0.6) is 0 Å². The fourth-order valence-electron chi connectivity index (χ4n) is 0.790. The normalized spacial score (nSPS) is 8.69. The number of rotatable bonds is 1. The zero-order valence-electron chi connectivity index (χ0n) is 7.19. The van der Waals surface area contributed by atoms with Crippen LogP contribution in [0, 0.1) is 0 Å². The fraction of sp³-hybridized carbons (Fsp3) is 0.125. The molecule has 13 heavy (non-hydrogen) atoms. The van der Waals surface area contributed by atoms with Crippen LogP contribution >= 0.6 is 0 Å². The molecule has 0 atom stereocenters. The van der Waals surface area contributed by atoms with Gasteiger partial charge >= 0.3 is 0 Å². The highest BCUT2D eigenvalue weighted by Gasteiger charge is 1.98. The Labute approximate surface area is 75.2 Å². The summed E-state index contributed by atoms with van der Waals surface area (Å²) in [7, 11) is 0. The number of nitrogens with one attached hydrogen (secondary N) is 2. The van der Waals surface area contributed by atoms with Crippen LogP contribution in [0.3, 0.4) is 0 Å². The second kappa shape index (κ2) is 4.87. The predicted octanol–water partition coefficient (Wildman–Crippen LogP) is 1.00. The summed E-state index contributed by atoms with van der Waals surface area (Å²) >= 11 is 0. The lowest BCUT2D eigenvalue weighted by atomic mass is 10.6. The van der Waals surface area contributed by atoms with Crippen LogP contribution in [0.2, 0.25) is 0 Å². The molecule has 0 spiro atoms. The van der Waals surface area contributed by atoms with Crippen LogP contribution in [0.25, 0.3) is 11.6 Å². The number of aromatic amines is 2. The van der Waals surface area contributed by atoms with Crippen molar-refractivity contribution in [1.82, 2.24) is 19.9 Å². The van der Waals surface area contributed by atoms with Gasteiger partial charge in [0.1, 0.15) is 6.29 Å². The average molecular weight is 178 g/mol. The number of H-pyrrole nitrogens is 2. The zero-order chi connectivity index (χ0) is 9.52. The number of imidazole rings is 2. The molecular weight excluding hydrogens is 168 g/mol. The molecule has 2 N–H and O–H groups in total. The Bertz CT molecular complexity index is 293. The molecule has 5 heteroatoms. The molecule has 0 saturated heterocycles. The van der Waals surface area contributed by atoms with Gasteiger partial charge in [-0.2, -0.15) is 0 Å². The standard InChI is InChI=1S/C6H6N4.C2H4O/c1-2-8-5(7-1)6-9-3-4-10-6;1-2-3/h1-4H,(H,7,8)(H,9,10);2H,1H3. The van der Waals surface area contributed by atoms with Crippen molar-refractivity contribution >= 4 is 6.29 Å². The first-order valence-electron chi connectivity index (χ1n) is 3.77. The predicted molar refractivity (Wildman–Crippen MR) is 47.9 cm³/mol. The maximum absolute atomic E-state index is 8.81. The van der Waals surface area contributed by atoms with Crippen LogP contribution < -0.4 is 0 Å². The summed E-state index contributed by atoms with van der Waals surface area (Å²) in [5.74, 6) is 1.54. The summed E-state index contributed by atoms with van der Waals surface area (Å²) in [4.78, 5) is 22.7. The minimum absolute atomic E-state index is 0.750. The third-order valence-electron chi connectivity index (χ3n) is 1.22. The first kappa shape index (κ1) is 9.18. The van der Waals surface area contributed by atoms with Gasteiger partial charge in [-0.05, 0) is 6.92 Å². The van der Waals surface area contributed by atoms with E-state index < -0.39 is 0 Å². The Morgan fingerprint density at radius 2 is 1.54 bits per heavy atom. The number of carbonyl (C=O) groups is 1. The molecule has 68 valence electrons. The van der Waals surface area contributed by atoms with Crippen molar-refractivity contribution in [2.24, 2.45) is 0 Å². The fourth-order valence-corrected chi connectivity index (χ4v) is 0.790. The molecule has 5 nitrogen and oxygen atoms in total. The Kier molecular flexibility index (Phi) is 3.44. The molecule has 2 rings (SSSR count). The van der Waals surface area contributed by atoms with Gasteiger partial charge in [0.2, 0.25) is 0 Å². The summed E-state index contributed by atoms with van der Waals surface area (Å²) < 4.78 is 0. The number of nitrogens with zero attached hydrogens (tertiary/aromatic N) is 2. The van der Waals surface area contributed by atoms with Crippen molar-refractivity contribution in [3.63, 3.8) is 0 Å². The van der Waals surface area contributed by atoms with E-state index in [1.807, 2.05) is 0 Å². The number of carbonyl (C=O) groups excluding carboxylic acids is 1. The number of hydrogen-bond donors (Lipinski definition) is 2. The Morgan fingerprint density at radius 3 is 1.77 bits per heavy atom. The molecule has 0 unspecified atom stereocenters. The smallest absolute Gasteiger partial charge is 0.173 e. The Balaban J connectivity index is 0.000000251. The summed E-state index contributed by atoms with van der Waals surface area (Å²) in [5.41, 5.74) is 0. The average Bonchev–Trinajstić information content (AvgIpc) is 2.78. The quantitative estimate of drug-likeness (QED) is 0.640. The van der Waals surface area contributed by atoms with Gasteiger partial charge in [-0.1, -0.05) is 0 Å². The molecule has 0 saturated carbocycles. The highest BCUT2D eigenvalue weighted by Crippen LogP contribution is 2.04. The van der Waals surface area contributed by atoms with Crippen molar-refractivity contribution in [3.05, 3.63) is 24.8 Å². The molecule has 2 aromatic heterocycles. The Hall–Kier alpha value is -1.91. The van der Waals surface area contributed by atoms with E-state index in [4.69, 9.17) is 4.79 Å². The lowest BCUT2D eigenvalue weighted by Crippen LogP contribution is -1.80. The SMILES string of the molecule is CC=O.c1c[nH]c(-c2ncc[nH]2)n1. The molecule has 0 bridgehead atoms. The molecule has 2 aromatic rings. The summed E-state index contributed by atoms with van der Waals surface area (Å²) in [6.07, 6.45) is 7.66. The van der Waals surface area contributed by atoms with Crippen molar-refractivity contribution in [1.29, 1.82) is 0 Å². The summed E-state index contributed by atoms with van der Waals surface area (Å²) in [6.45, 7) is 1.44. The van der Waals surface area contributed by atoms with Crippen molar-refractivity contribution < 1.29 is 4.79 Å². The van der Waals surface area contributed by atoms with Crippen LogP contribution in [0.4, 0.5) is 0 Å². The lowest BCUT2D eigenvalue weighted by molar-refractivity contribution is -0.106. The van der Waals surface area contributed by atoms with Crippen LogP contribution in [0.1, 0.15) is 6.92 Å². The second-order valence-electron chi connectivity index (χ2n) is 2.11. The van der Waals surface area contributed by atoms with Gasteiger partial charge in [-0.3, -0.25) is 0 Å². The lowest BCUT2D eigenvalue weighted by Gasteiger charge is -1.85. The van der Waals surface area contributed by atoms with Crippen LogP contribution in [-0.2, 0) is 4.79 Å². The molecule has 0 amide bonds. The minimum atomic E-state index is 0.750. The minimum Gasteiger partial charge on any atom is -0.342 e. The van der Waals surface area contributed by atoms with Gasteiger partial charge in [0.05, 0.1) is 0 Å². The van der Waals surface area contributed by atoms with E-state index in [-0.39, 0.29) is 0 Å². The number of aromatic nitrogens is 4. The van der Waals surface area contributed by atoms with E-state index in [1.165, 1.54) is 6.92 Å². The molecule has 0 aromatic carbocycles. The topological polar surface area (TPSA) is 74.4 Å². The van der Waals surface area contributed by atoms with Crippen LogP contribution in [-0.4, -0.2) is 26.2 Å². The molecule has 0 aliphatic heterocycles. The maximum atomic E-state index is 8.81. The van der Waals surface area contributed by atoms with E-state index in [0.29, 0.717) is 0 Å². The first-order chi connectivity index (χ1) is 6.38. The van der Waals surface area contributed by atoms with E-state index in [1.54, 1.807) is 24.8 Å². The second-order valence-corrected chi connectivity index (χ2v) is 2.11. The third-order valence-corrected chi connectivity index (χ3v) is 1.22. The maximum Gasteiger partial charge on any atom is 0.173 e. The zero-order valence-corrected chi connectivity index (χ0v) is 7.19. The Morgan fingerprint density at radius 1 is 1.15 bits per heavy atom. The largest absolute Gasteiger partial charge is 0.342 e. The van der Waals surface area contributed by atoms with E-state index in [9.17, 15) is 0 Å². The van der Waals surface area contributed by atoms with E-state index >= 15 is 0 Å². The first-order valence-corrected chi connectivity index (χ1v) is 3.77. The molecule has 0 aliphatic rings. The summed E-state index contributed by atoms with van der Waals surface area (Å²) in [6, 6.07) is 0. The van der Waals surface area contributed by atoms with Crippen molar-refractivity contribution in [3.8, 4) is 11.6 Å². The molecule has 0 radical (unpaired) electrons. The number of aldehydes is 1. The summed E-state index contributed by atoms with van der Waals surface area (Å²) in [5, 5.41) is 0. The van der Waals surface area contributed by atoms with E-state index in [0.717, 1.165) is 17.9 Å². The van der Waals surface area contributed by atoms with Gasteiger partial charge in [0.25, 0.3) is 0 Å². The molecule has 0 fully saturated rings. The highest BCUT2D eigenvalue weighted by atomic mass is 16.1. The van der Waals surface area contributed by atoms with Crippen molar-refractivity contribution in [2.45, 2.75) is 6.92 Å². The van der Waals surface area contributed by atoms with E-state index in [2.05, 4.69) is 19.9 Å². The third kappa shape index (κ3) is 2.55. The van der Waals surface area contributed by atoms with Crippen LogP contribution in [0.15, 0.2) is 24.8 Å². The molecule has 0 aliphatic carbocycles. The van der Waals surface area contributed by atoms with Gasteiger partial charge in [-0.25, -0.2) is 9.97 Å². The van der Waals surface area contributed by atoms with Gasteiger partial charge in [0, 0.05) is 24.8 Å². The van der Waals surface area contributed by atoms with Gasteiger partial charge in [0.15, 0.2) is 11.6 Å².